The van der Waals surface area contributed by atoms with E-state index in [-0.39, 0.29) is 58.2 Å². The van der Waals surface area contributed by atoms with E-state index in [2.05, 4.69) is 12.2 Å². The van der Waals surface area contributed by atoms with Crippen LogP contribution in [0.15, 0.2) is 0 Å². The summed E-state index contributed by atoms with van der Waals surface area (Å²) in [7, 11) is 0. The summed E-state index contributed by atoms with van der Waals surface area (Å²) < 4.78 is 10.2. The van der Waals surface area contributed by atoms with E-state index in [4.69, 9.17) is 24.8 Å². The van der Waals surface area contributed by atoms with E-state index in [0.29, 0.717) is 19.3 Å². The number of hydrogen-bond acceptors (Lipinski definition) is 8. The van der Waals surface area contributed by atoms with Crippen molar-refractivity contribution in [2.45, 2.75) is 186 Å². The summed E-state index contributed by atoms with van der Waals surface area (Å²) in [6, 6.07) is 0. The van der Waals surface area contributed by atoms with Crippen LogP contribution in [0.5, 0.6) is 0 Å². The Morgan fingerprint density at radius 2 is 0.796 bits per heavy atom. The zero-order valence-electron chi connectivity index (χ0n) is 30.1. The molecule has 0 atom stereocenters. The van der Waals surface area contributed by atoms with Crippen LogP contribution in [-0.2, 0) is 38.2 Å². The zero-order chi connectivity index (χ0) is 36.6. The summed E-state index contributed by atoms with van der Waals surface area (Å²) in [4.78, 5) is 69.9. The Morgan fingerprint density at radius 1 is 0.469 bits per heavy atom. The van der Waals surface area contributed by atoms with E-state index in [1.165, 1.54) is 83.5 Å². The van der Waals surface area contributed by atoms with Gasteiger partial charge in [-0.15, -0.1) is 0 Å². The van der Waals surface area contributed by atoms with Gasteiger partial charge in [-0.1, -0.05) is 103 Å². The molecule has 0 aliphatic carbocycles. The van der Waals surface area contributed by atoms with E-state index in [9.17, 15) is 28.8 Å². The molecule has 12 heteroatoms. The third kappa shape index (κ3) is 30.6. The van der Waals surface area contributed by atoms with Gasteiger partial charge in [0, 0.05) is 31.2 Å². The van der Waals surface area contributed by atoms with Gasteiger partial charge in [-0.25, -0.2) is 0 Å². The van der Waals surface area contributed by atoms with Crippen LogP contribution in [0.3, 0.4) is 0 Å². The Labute approximate surface area is 293 Å². The largest absolute Gasteiger partial charge is 0.481 e. The molecule has 0 fully saturated rings. The number of ether oxygens (including phenoxy) is 2. The smallest absolute Gasteiger partial charge is 0.317 e. The first kappa shape index (κ1) is 45.8. The Bertz CT molecular complexity index is 892. The molecule has 0 spiro atoms. The molecule has 1 amide bonds. The molecule has 0 bridgehead atoms. The molecule has 12 nitrogen and oxygen atoms in total. The van der Waals surface area contributed by atoms with Gasteiger partial charge in [0.2, 0.25) is 5.91 Å². The normalized spacial score (nSPS) is 11.2. The van der Waals surface area contributed by atoms with Crippen molar-refractivity contribution in [3.63, 3.8) is 0 Å². The zero-order valence-corrected chi connectivity index (χ0v) is 30.1. The maximum Gasteiger partial charge on any atom is 0.317 e. The van der Waals surface area contributed by atoms with Gasteiger partial charge in [0.05, 0.1) is 13.2 Å². The van der Waals surface area contributed by atoms with Gasteiger partial charge in [0.15, 0.2) is 0 Å². The van der Waals surface area contributed by atoms with Crippen LogP contribution in [0.25, 0.3) is 0 Å². The summed E-state index contributed by atoms with van der Waals surface area (Å²) >= 11 is 0. The molecule has 0 saturated carbocycles. The lowest BCUT2D eigenvalue weighted by molar-refractivity contribution is -0.155. The Morgan fingerprint density at radius 3 is 1.14 bits per heavy atom. The molecule has 0 aliphatic rings. The fourth-order valence-corrected chi connectivity index (χ4v) is 5.77. The molecule has 0 aromatic carbocycles. The predicted octanol–water partition coefficient (Wildman–Crippen LogP) is 7.73. The van der Waals surface area contributed by atoms with Crippen LogP contribution < -0.4 is 5.32 Å². The van der Waals surface area contributed by atoms with Crippen LogP contribution in [0.4, 0.5) is 0 Å². The van der Waals surface area contributed by atoms with Crippen molar-refractivity contribution in [2.75, 3.05) is 13.2 Å². The van der Waals surface area contributed by atoms with Gasteiger partial charge in [-0.2, -0.15) is 0 Å². The van der Waals surface area contributed by atoms with Crippen LogP contribution >= 0.6 is 0 Å². The van der Waals surface area contributed by atoms with Gasteiger partial charge >= 0.3 is 29.8 Å². The van der Waals surface area contributed by atoms with Crippen molar-refractivity contribution in [1.29, 1.82) is 0 Å². The lowest BCUT2D eigenvalue weighted by Crippen LogP contribution is -2.49. The predicted molar refractivity (Wildman–Crippen MR) is 186 cm³/mol. The number of carbonyl (C=O) groups is 6. The van der Waals surface area contributed by atoms with Crippen LogP contribution in [0, 0.1) is 0 Å². The van der Waals surface area contributed by atoms with Crippen molar-refractivity contribution >= 4 is 35.8 Å². The summed E-state index contributed by atoms with van der Waals surface area (Å²) in [6.45, 7) is 2.62. The first-order chi connectivity index (χ1) is 23.5. The molecule has 4 N–H and O–H groups in total. The van der Waals surface area contributed by atoms with E-state index in [1.807, 2.05) is 0 Å². The quantitative estimate of drug-likeness (QED) is 0.0287. The minimum atomic E-state index is -1.26. The van der Waals surface area contributed by atoms with Crippen molar-refractivity contribution in [3.05, 3.63) is 0 Å². The number of carboxylic acid groups (broad SMARTS) is 3. The third-order valence-electron chi connectivity index (χ3n) is 8.72. The number of esters is 2. The van der Waals surface area contributed by atoms with Crippen molar-refractivity contribution < 1.29 is 53.6 Å². The maximum absolute atomic E-state index is 12.6. The molecule has 0 radical (unpaired) electrons. The number of nitrogens with one attached hydrogen (secondary N) is 1. The highest BCUT2D eigenvalue weighted by molar-refractivity contribution is 5.91. The molecular formula is C37H65NO11. The Balaban J connectivity index is 3.96. The number of carbonyl (C=O) groups excluding carboxylic acids is 3. The van der Waals surface area contributed by atoms with Gasteiger partial charge in [0.1, 0.15) is 6.42 Å². The molecular weight excluding hydrogens is 634 g/mol. The molecule has 284 valence electrons. The minimum absolute atomic E-state index is 0.0502. The highest BCUT2D eigenvalue weighted by Gasteiger charge is 2.33. The summed E-state index contributed by atoms with van der Waals surface area (Å²) in [5, 5.41) is 30.0. The van der Waals surface area contributed by atoms with Crippen LogP contribution in [-0.4, -0.2) is 69.8 Å². The highest BCUT2D eigenvalue weighted by atomic mass is 16.6. The molecule has 0 heterocycles. The molecule has 0 rings (SSSR count). The molecule has 0 aromatic heterocycles. The Hall–Kier alpha value is -3.18. The lowest BCUT2D eigenvalue weighted by Gasteiger charge is -2.34. The van der Waals surface area contributed by atoms with Gasteiger partial charge < -0.3 is 30.1 Å². The second-order valence-electron chi connectivity index (χ2n) is 13.2. The Kier molecular flexibility index (Phi) is 28.8. The molecule has 0 saturated heterocycles. The lowest BCUT2D eigenvalue weighted by atomic mass is 9.83. The number of aliphatic carboxylic acids is 3. The number of carboxylic acids is 3. The van der Waals surface area contributed by atoms with E-state index < -0.39 is 47.7 Å². The maximum atomic E-state index is 12.6. The monoisotopic (exact) mass is 699 g/mol. The van der Waals surface area contributed by atoms with Crippen molar-refractivity contribution in [2.24, 2.45) is 0 Å². The fraction of sp³-hybridized carbons (Fsp3) is 0.838. The number of amides is 1. The molecule has 0 aromatic rings. The van der Waals surface area contributed by atoms with Crippen molar-refractivity contribution in [1.82, 2.24) is 5.32 Å². The third-order valence-corrected chi connectivity index (χ3v) is 8.72. The topological polar surface area (TPSA) is 194 Å². The SMILES string of the molecule is CCCCCCCCCCCCCCCCCCOC(=O)CC(=O)OCCCCCC(=O)NC(CCC(=O)O)(CCC(=O)O)CCC(=O)O. The first-order valence-electron chi connectivity index (χ1n) is 18.8. The summed E-state index contributed by atoms with van der Waals surface area (Å²) in [5.41, 5.74) is -1.26. The second-order valence-corrected chi connectivity index (χ2v) is 13.2. The second kappa shape index (κ2) is 30.8. The van der Waals surface area contributed by atoms with E-state index >= 15 is 0 Å². The fourth-order valence-electron chi connectivity index (χ4n) is 5.77. The standard InChI is InChI=1S/C37H65NO11/c1-2-3-4-5-6-7-8-9-10-11-12-13-14-15-16-19-28-48-35(46)30-36(47)49-29-20-17-18-21-31(39)38-37(25-22-32(40)41,26-23-33(42)43)27-24-34(44)45/h2-30H2,1H3,(H,38,39)(H,40,41)(H,42,43)(H,44,45). The summed E-state index contributed by atoms with van der Waals surface area (Å²) in [5.74, 6) is -5.13. The molecule has 0 unspecified atom stereocenters. The van der Waals surface area contributed by atoms with Crippen molar-refractivity contribution in [3.8, 4) is 0 Å². The molecule has 0 aliphatic heterocycles. The van der Waals surface area contributed by atoms with Gasteiger partial charge in [-0.3, -0.25) is 28.8 Å². The van der Waals surface area contributed by atoms with E-state index in [0.717, 1.165) is 19.3 Å². The minimum Gasteiger partial charge on any atom is -0.481 e. The van der Waals surface area contributed by atoms with E-state index in [1.54, 1.807) is 0 Å². The van der Waals surface area contributed by atoms with Gasteiger partial charge in [0.25, 0.3) is 0 Å². The van der Waals surface area contributed by atoms with Crippen LogP contribution in [0.1, 0.15) is 180 Å². The highest BCUT2D eigenvalue weighted by Crippen LogP contribution is 2.26. The van der Waals surface area contributed by atoms with Gasteiger partial charge in [-0.05, 0) is 44.9 Å². The average molecular weight is 700 g/mol. The number of rotatable bonds is 35. The van der Waals surface area contributed by atoms with Crippen LogP contribution in [0.2, 0.25) is 0 Å². The number of unbranched alkanes of at least 4 members (excludes halogenated alkanes) is 17. The molecule has 49 heavy (non-hydrogen) atoms. The summed E-state index contributed by atoms with van der Waals surface area (Å²) in [6.07, 6.45) is 19.8. The number of hydrogen-bond donors (Lipinski definition) is 4. The first-order valence-corrected chi connectivity index (χ1v) is 18.8. The average Bonchev–Trinajstić information content (AvgIpc) is 3.04.